The number of hydrogen-bond donors (Lipinski definition) is 0. The van der Waals surface area contributed by atoms with Gasteiger partial charge in [-0.05, 0) is 36.8 Å². The number of fused-ring (bicyclic) bond motifs is 4. The molecule has 0 N–H and O–H groups in total. The van der Waals surface area contributed by atoms with Gasteiger partial charge in [-0.25, -0.2) is 15.0 Å². The predicted molar refractivity (Wildman–Crippen MR) is 100 cm³/mol. The lowest BCUT2D eigenvalue weighted by Gasteiger charge is -2.03. The number of carbonyl (C=O) groups excluding carboxylic acids is 1. The topological polar surface area (TPSA) is 60.2 Å². The number of carbonyl (C=O) groups is 1. The van der Waals surface area contributed by atoms with Crippen LogP contribution in [0.3, 0.4) is 0 Å². The van der Waals surface area contributed by atoms with Crippen molar-refractivity contribution in [2.45, 2.75) is 6.92 Å². The Morgan fingerprint density at radius 2 is 1.65 bits per heavy atom. The molecule has 5 heteroatoms. The monoisotopic (exact) mass is 338 g/mol. The maximum atomic E-state index is 12.7. The third-order valence-electron chi connectivity index (χ3n) is 4.53. The summed E-state index contributed by atoms with van der Waals surface area (Å²) >= 11 is 0. The summed E-state index contributed by atoms with van der Waals surface area (Å²) < 4.78 is 1.93. The van der Waals surface area contributed by atoms with E-state index in [1.165, 1.54) is 0 Å². The molecule has 0 aliphatic heterocycles. The number of pyridine rings is 1. The Morgan fingerprint density at radius 3 is 2.50 bits per heavy atom. The normalized spacial score (nSPS) is 11.4. The van der Waals surface area contributed by atoms with E-state index in [4.69, 9.17) is 4.98 Å². The lowest BCUT2D eigenvalue weighted by molar-refractivity contribution is 0.103. The van der Waals surface area contributed by atoms with Gasteiger partial charge >= 0.3 is 0 Å². The largest absolute Gasteiger partial charge is 0.289 e. The minimum Gasteiger partial charge on any atom is -0.289 e. The highest BCUT2D eigenvalue weighted by Crippen LogP contribution is 2.21. The van der Waals surface area contributed by atoms with Crippen molar-refractivity contribution in [1.82, 2.24) is 19.4 Å². The smallest absolute Gasteiger partial charge is 0.198 e. The summed E-state index contributed by atoms with van der Waals surface area (Å²) in [6.45, 7) is 2.01. The first kappa shape index (κ1) is 14.7. The van der Waals surface area contributed by atoms with Crippen molar-refractivity contribution in [3.05, 3.63) is 83.6 Å². The van der Waals surface area contributed by atoms with E-state index >= 15 is 0 Å². The Labute approximate surface area is 149 Å². The van der Waals surface area contributed by atoms with Crippen LogP contribution in [-0.4, -0.2) is 25.1 Å². The van der Waals surface area contributed by atoms with Crippen LogP contribution in [0.25, 0.3) is 28.0 Å². The Morgan fingerprint density at radius 1 is 0.808 bits per heavy atom. The van der Waals surface area contributed by atoms with Gasteiger partial charge in [-0.3, -0.25) is 9.20 Å². The van der Waals surface area contributed by atoms with Gasteiger partial charge < -0.3 is 0 Å². The van der Waals surface area contributed by atoms with Crippen LogP contribution in [0.1, 0.15) is 21.5 Å². The number of rotatable bonds is 2. The first-order valence-corrected chi connectivity index (χ1v) is 8.36. The van der Waals surface area contributed by atoms with Crippen LogP contribution in [0.15, 0.2) is 66.9 Å². The molecule has 124 valence electrons. The van der Waals surface area contributed by atoms with Gasteiger partial charge in [0.05, 0.1) is 11.0 Å². The molecule has 0 bridgehead atoms. The van der Waals surface area contributed by atoms with Crippen LogP contribution in [0.5, 0.6) is 0 Å². The second kappa shape index (κ2) is 5.46. The quantitative estimate of drug-likeness (QED) is 0.457. The standard InChI is InChI=1S/C21H14N4O/c1-13-6-5-11-25-20(13)24-19-21(25)23-17-12-15(9-10-16(17)22-19)18(26)14-7-3-2-4-8-14/h2-12H,1H3. The Balaban J connectivity index is 1.73. The molecule has 0 aliphatic carbocycles. The van der Waals surface area contributed by atoms with Gasteiger partial charge in [0.2, 0.25) is 0 Å². The fourth-order valence-corrected chi connectivity index (χ4v) is 3.19. The zero-order valence-corrected chi connectivity index (χ0v) is 14.0. The summed E-state index contributed by atoms with van der Waals surface area (Å²) in [5.74, 6) is -0.0246. The van der Waals surface area contributed by atoms with Crippen LogP contribution in [0, 0.1) is 6.92 Å². The molecule has 0 fully saturated rings. The SMILES string of the molecule is Cc1cccn2c1nc1nc3ccc(C(=O)c4ccccc4)cc3nc12. The molecule has 26 heavy (non-hydrogen) atoms. The van der Waals surface area contributed by atoms with Crippen molar-refractivity contribution in [3.63, 3.8) is 0 Å². The van der Waals surface area contributed by atoms with E-state index in [1.54, 1.807) is 12.1 Å². The maximum Gasteiger partial charge on any atom is 0.198 e. The van der Waals surface area contributed by atoms with Crippen molar-refractivity contribution in [1.29, 1.82) is 0 Å². The molecule has 3 heterocycles. The van der Waals surface area contributed by atoms with Gasteiger partial charge in [-0.2, -0.15) is 0 Å². The molecule has 0 aliphatic rings. The highest BCUT2D eigenvalue weighted by molar-refractivity contribution is 6.10. The summed E-state index contributed by atoms with van der Waals surface area (Å²) in [4.78, 5) is 26.6. The van der Waals surface area contributed by atoms with Gasteiger partial charge in [0.1, 0.15) is 5.65 Å². The van der Waals surface area contributed by atoms with E-state index in [9.17, 15) is 4.79 Å². The Hall–Kier alpha value is -3.60. The molecular weight excluding hydrogens is 324 g/mol. The average Bonchev–Trinajstić information content (AvgIpc) is 3.05. The van der Waals surface area contributed by atoms with Crippen LogP contribution in [0.2, 0.25) is 0 Å². The number of benzene rings is 2. The molecule has 0 spiro atoms. The molecule has 5 rings (SSSR count). The van der Waals surface area contributed by atoms with Gasteiger partial charge in [-0.1, -0.05) is 36.4 Å². The maximum absolute atomic E-state index is 12.7. The number of ketones is 1. The van der Waals surface area contributed by atoms with Gasteiger partial charge in [0.15, 0.2) is 17.1 Å². The minimum absolute atomic E-state index is 0.0246. The van der Waals surface area contributed by atoms with Gasteiger partial charge in [-0.15, -0.1) is 0 Å². The number of aromatic nitrogens is 4. The fraction of sp³-hybridized carbons (Fsp3) is 0.0476. The third-order valence-corrected chi connectivity index (χ3v) is 4.53. The van der Waals surface area contributed by atoms with Crippen molar-refractivity contribution in [2.24, 2.45) is 0 Å². The highest BCUT2D eigenvalue weighted by atomic mass is 16.1. The van der Waals surface area contributed by atoms with E-state index in [-0.39, 0.29) is 5.78 Å². The molecule has 0 atom stereocenters. The third kappa shape index (κ3) is 2.18. The number of aryl methyl sites for hydroxylation is 1. The summed E-state index contributed by atoms with van der Waals surface area (Å²) in [6.07, 6.45) is 1.93. The van der Waals surface area contributed by atoms with E-state index in [2.05, 4.69) is 9.97 Å². The molecule has 5 nitrogen and oxygen atoms in total. The molecule has 2 aromatic carbocycles. The molecular formula is C21H14N4O. The zero-order valence-electron chi connectivity index (χ0n) is 14.0. The van der Waals surface area contributed by atoms with Crippen LogP contribution in [0.4, 0.5) is 0 Å². The highest BCUT2D eigenvalue weighted by Gasteiger charge is 2.13. The first-order valence-electron chi connectivity index (χ1n) is 8.36. The number of hydrogen-bond acceptors (Lipinski definition) is 4. The fourth-order valence-electron chi connectivity index (χ4n) is 3.19. The molecule has 5 aromatic rings. The second-order valence-electron chi connectivity index (χ2n) is 6.27. The Bertz CT molecular complexity index is 1310. The van der Waals surface area contributed by atoms with Crippen molar-refractivity contribution >= 4 is 33.8 Å². The van der Waals surface area contributed by atoms with E-state index in [0.717, 1.165) is 16.7 Å². The Kier molecular flexibility index (Phi) is 3.09. The molecule has 0 radical (unpaired) electrons. The predicted octanol–water partition coefficient (Wildman–Crippen LogP) is 3.97. The van der Waals surface area contributed by atoms with Crippen LogP contribution < -0.4 is 0 Å². The lowest BCUT2D eigenvalue weighted by atomic mass is 10.0. The van der Waals surface area contributed by atoms with Crippen LogP contribution >= 0.6 is 0 Å². The van der Waals surface area contributed by atoms with Crippen molar-refractivity contribution < 1.29 is 4.79 Å². The second-order valence-corrected chi connectivity index (χ2v) is 6.27. The van der Waals surface area contributed by atoms with Crippen molar-refractivity contribution in [3.8, 4) is 0 Å². The lowest BCUT2D eigenvalue weighted by Crippen LogP contribution is -2.01. The van der Waals surface area contributed by atoms with Gasteiger partial charge in [0.25, 0.3) is 0 Å². The molecule has 0 saturated carbocycles. The summed E-state index contributed by atoms with van der Waals surface area (Å²) in [7, 11) is 0. The van der Waals surface area contributed by atoms with E-state index in [1.807, 2.05) is 66.1 Å². The van der Waals surface area contributed by atoms with Crippen molar-refractivity contribution in [2.75, 3.05) is 0 Å². The first-order chi connectivity index (χ1) is 12.7. The minimum atomic E-state index is -0.0246. The summed E-state index contributed by atoms with van der Waals surface area (Å²) in [5.41, 5.74) is 5.88. The van der Waals surface area contributed by atoms with Crippen LogP contribution in [-0.2, 0) is 0 Å². The molecule has 0 saturated heterocycles. The average molecular weight is 338 g/mol. The zero-order chi connectivity index (χ0) is 17.7. The number of nitrogens with zero attached hydrogens (tertiary/aromatic N) is 4. The molecule has 0 amide bonds. The van der Waals surface area contributed by atoms with E-state index in [0.29, 0.717) is 27.9 Å². The van der Waals surface area contributed by atoms with E-state index < -0.39 is 0 Å². The molecule has 3 aromatic heterocycles. The summed E-state index contributed by atoms with van der Waals surface area (Å²) in [5, 5.41) is 0. The summed E-state index contributed by atoms with van der Waals surface area (Å²) in [6, 6.07) is 18.6. The van der Waals surface area contributed by atoms with Gasteiger partial charge in [0, 0.05) is 17.3 Å². The number of imidazole rings is 1. The molecule has 0 unspecified atom stereocenters.